The molecule has 1 fully saturated rings. The lowest BCUT2D eigenvalue weighted by molar-refractivity contribution is -0.173. The van der Waals surface area contributed by atoms with Crippen LogP contribution in [0.1, 0.15) is 36.6 Å². The van der Waals surface area contributed by atoms with Gasteiger partial charge in [0.15, 0.2) is 0 Å². The highest BCUT2D eigenvalue weighted by Gasteiger charge is 2.28. The normalized spacial score (nSPS) is 18.6. The standard InChI is InChI=1S/C14H20F3NOS/c15-14(16,17)10-19-8-7-18-13(11-4-1-2-5-11)12-6-3-9-20-12/h3,6,9,11,13,18H,1-2,4-5,7-8,10H2. The summed E-state index contributed by atoms with van der Waals surface area (Å²) in [6.45, 7) is -0.620. The number of alkyl halides is 3. The van der Waals surface area contributed by atoms with E-state index in [0.29, 0.717) is 12.5 Å². The van der Waals surface area contributed by atoms with Crippen molar-refractivity contribution in [3.8, 4) is 0 Å². The minimum absolute atomic E-state index is 0.0914. The Morgan fingerprint density at radius 1 is 1.35 bits per heavy atom. The fraction of sp³-hybridized carbons (Fsp3) is 0.714. The highest BCUT2D eigenvalue weighted by molar-refractivity contribution is 7.10. The van der Waals surface area contributed by atoms with Gasteiger partial charge < -0.3 is 10.1 Å². The number of halogens is 3. The molecule has 1 aromatic heterocycles. The Kier molecular flexibility index (Phi) is 5.86. The molecule has 1 heterocycles. The topological polar surface area (TPSA) is 21.3 Å². The zero-order chi connectivity index (χ0) is 14.4. The number of hydrogen-bond acceptors (Lipinski definition) is 3. The second-order valence-electron chi connectivity index (χ2n) is 5.16. The molecule has 2 nitrogen and oxygen atoms in total. The first kappa shape index (κ1) is 15.8. The van der Waals surface area contributed by atoms with Crippen molar-refractivity contribution in [2.75, 3.05) is 19.8 Å². The van der Waals surface area contributed by atoms with Crippen molar-refractivity contribution in [2.24, 2.45) is 5.92 Å². The summed E-state index contributed by atoms with van der Waals surface area (Å²) in [5.74, 6) is 0.594. The molecule has 6 heteroatoms. The van der Waals surface area contributed by atoms with Gasteiger partial charge in [-0.3, -0.25) is 0 Å². The van der Waals surface area contributed by atoms with E-state index >= 15 is 0 Å². The average Bonchev–Trinajstić information content (AvgIpc) is 3.05. The lowest BCUT2D eigenvalue weighted by Crippen LogP contribution is -2.30. The molecule has 20 heavy (non-hydrogen) atoms. The third kappa shape index (κ3) is 5.07. The summed E-state index contributed by atoms with van der Waals surface area (Å²) in [5, 5.41) is 5.41. The molecule has 1 atom stereocenters. The van der Waals surface area contributed by atoms with Crippen molar-refractivity contribution < 1.29 is 17.9 Å². The minimum Gasteiger partial charge on any atom is -0.371 e. The fourth-order valence-corrected chi connectivity index (χ4v) is 3.63. The Morgan fingerprint density at radius 2 is 2.10 bits per heavy atom. The van der Waals surface area contributed by atoms with Crippen molar-refractivity contribution >= 4 is 11.3 Å². The van der Waals surface area contributed by atoms with E-state index in [-0.39, 0.29) is 12.6 Å². The highest BCUT2D eigenvalue weighted by atomic mass is 32.1. The summed E-state index contributed by atoms with van der Waals surface area (Å²) in [4.78, 5) is 1.27. The van der Waals surface area contributed by atoms with E-state index in [4.69, 9.17) is 0 Å². The maximum Gasteiger partial charge on any atom is 0.411 e. The summed E-state index contributed by atoms with van der Waals surface area (Å²) in [7, 11) is 0. The van der Waals surface area contributed by atoms with Gasteiger partial charge in [0.1, 0.15) is 6.61 Å². The van der Waals surface area contributed by atoms with Crippen LogP contribution in [0.15, 0.2) is 17.5 Å². The van der Waals surface area contributed by atoms with E-state index in [0.717, 1.165) is 0 Å². The van der Waals surface area contributed by atoms with Crippen molar-refractivity contribution in [2.45, 2.75) is 37.9 Å². The number of ether oxygens (including phenoxy) is 1. The SMILES string of the molecule is FC(F)(F)COCCNC(c1cccs1)C1CCCC1. The van der Waals surface area contributed by atoms with Crippen LogP contribution in [0.3, 0.4) is 0 Å². The number of hydrogen-bond donors (Lipinski definition) is 1. The molecule has 1 aromatic rings. The summed E-state index contributed by atoms with van der Waals surface area (Å²) in [6.07, 6.45) is 0.647. The second-order valence-corrected chi connectivity index (χ2v) is 6.14. The fourth-order valence-electron chi connectivity index (χ4n) is 2.73. The van der Waals surface area contributed by atoms with E-state index in [2.05, 4.69) is 16.1 Å². The molecule has 0 aliphatic heterocycles. The van der Waals surface area contributed by atoms with Crippen LogP contribution in [0.4, 0.5) is 13.2 Å². The van der Waals surface area contributed by atoms with Crippen molar-refractivity contribution in [3.63, 3.8) is 0 Å². The molecule has 0 saturated heterocycles. The number of rotatable bonds is 7. The van der Waals surface area contributed by atoms with Crippen LogP contribution < -0.4 is 5.32 Å². The van der Waals surface area contributed by atoms with Crippen LogP contribution in [0.2, 0.25) is 0 Å². The molecule has 2 rings (SSSR count). The summed E-state index contributed by atoms with van der Waals surface area (Å²) < 4.78 is 40.5. The van der Waals surface area contributed by atoms with Crippen LogP contribution in [-0.2, 0) is 4.74 Å². The van der Waals surface area contributed by atoms with Crippen molar-refractivity contribution in [3.05, 3.63) is 22.4 Å². The van der Waals surface area contributed by atoms with Gasteiger partial charge >= 0.3 is 6.18 Å². The Hall–Kier alpha value is -0.590. The molecule has 1 aliphatic carbocycles. The van der Waals surface area contributed by atoms with Gasteiger partial charge in [0.25, 0.3) is 0 Å². The molecule has 0 aromatic carbocycles. The van der Waals surface area contributed by atoms with Crippen LogP contribution in [0, 0.1) is 5.92 Å². The molecule has 0 spiro atoms. The zero-order valence-electron chi connectivity index (χ0n) is 11.3. The molecular weight excluding hydrogens is 287 g/mol. The predicted octanol–water partition coefficient (Wildman–Crippen LogP) is 4.15. The van der Waals surface area contributed by atoms with Gasteiger partial charge in [-0.25, -0.2) is 0 Å². The van der Waals surface area contributed by atoms with Crippen LogP contribution >= 0.6 is 11.3 Å². The molecule has 1 aliphatic rings. The zero-order valence-corrected chi connectivity index (χ0v) is 12.1. The second kappa shape index (κ2) is 7.43. The third-order valence-electron chi connectivity index (χ3n) is 3.60. The maximum atomic E-state index is 12.0. The van der Waals surface area contributed by atoms with E-state index < -0.39 is 12.8 Å². The largest absolute Gasteiger partial charge is 0.411 e. The van der Waals surface area contributed by atoms with Gasteiger partial charge in [-0.1, -0.05) is 18.9 Å². The highest BCUT2D eigenvalue weighted by Crippen LogP contribution is 2.37. The van der Waals surface area contributed by atoms with Crippen LogP contribution in [0.5, 0.6) is 0 Å². The molecular formula is C14H20F3NOS. The summed E-state index contributed by atoms with van der Waals surface area (Å²) >= 11 is 1.70. The Morgan fingerprint density at radius 3 is 2.70 bits per heavy atom. The molecule has 114 valence electrons. The Balaban J connectivity index is 1.77. The quantitative estimate of drug-likeness (QED) is 0.764. The first-order valence-electron chi connectivity index (χ1n) is 6.97. The van der Waals surface area contributed by atoms with E-state index in [1.807, 2.05) is 11.4 Å². The summed E-state index contributed by atoms with van der Waals surface area (Å²) in [6, 6.07) is 4.37. The summed E-state index contributed by atoms with van der Waals surface area (Å²) in [5.41, 5.74) is 0. The van der Waals surface area contributed by atoms with Gasteiger partial charge in [0, 0.05) is 17.5 Å². The van der Waals surface area contributed by atoms with Gasteiger partial charge in [-0.05, 0) is 30.2 Å². The number of nitrogens with one attached hydrogen (secondary N) is 1. The first-order chi connectivity index (χ1) is 9.56. The van der Waals surface area contributed by atoms with Crippen LogP contribution in [0.25, 0.3) is 0 Å². The Bertz CT molecular complexity index is 374. The van der Waals surface area contributed by atoms with Crippen LogP contribution in [-0.4, -0.2) is 25.9 Å². The maximum absolute atomic E-state index is 12.0. The first-order valence-corrected chi connectivity index (χ1v) is 7.85. The van der Waals surface area contributed by atoms with E-state index in [9.17, 15) is 13.2 Å². The monoisotopic (exact) mass is 307 g/mol. The molecule has 1 saturated carbocycles. The van der Waals surface area contributed by atoms with Gasteiger partial charge in [-0.15, -0.1) is 11.3 Å². The molecule has 0 bridgehead atoms. The lowest BCUT2D eigenvalue weighted by Gasteiger charge is -2.24. The van der Waals surface area contributed by atoms with E-state index in [1.54, 1.807) is 11.3 Å². The molecule has 1 N–H and O–H groups in total. The number of thiophene rings is 1. The van der Waals surface area contributed by atoms with Gasteiger partial charge in [0.05, 0.1) is 6.61 Å². The molecule has 0 radical (unpaired) electrons. The Labute approximate surface area is 121 Å². The average molecular weight is 307 g/mol. The van der Waals surface area contributed by atoms with E-state index in [1.165, 1.54) is 30.6 Å². The lowest BCUT2D eigenvalue weighted by atomic mass is 9.97. The molecule has 1 unspecified atom stereocenters. The molecule has 0 amide bonds. The predicted molar refractivity (Wildman–Crippen MR) is 73.9 cm³/mol. The van der Waals surface area contributed by atoms with Gasteiger partial charge in [-0.2, -0.15) is 13.2 Å². The minimum atomic E-state index is -4.24. The van der Waals surface area contributed by atoms with Crippen molar-refractivity contribution in [1.82, 2.24) is 5.32 Å². The smallest absolute Gasteiger partial charge is 0.371 e. The van der Waals surface area contributed by atoms with Gasteiger partial charge in [0.2, 0.25) is 0 Å². The third-order valence-corrected chi connectivity index (χ3v) is 4.55. The van der Waals surface area contributed by atoms with Crippen molar-refractivity contribution in [1.29, 1.82) is 0 Å².